The third-order valence-electron chi connectivity index (χ3n) is 4.11. The lowest BCUT2D eigenvalue weighted by molar-refractivity contribution is -0.123. The van der Waals surface area contributed by atoms with E-state index in [1.807, 2.05) is 0 Å². The van der Waals surface area contributed by atoms with Gasteiger partial charge >= 0.3 is 0 Å². The van der Waals surface area contributed by atoms with Crippen LogP contribution in [0.25, 0.3) is 0 Å². The Morgan fingerprint density at radius 1 is 1.20 bits per heavy atom. The highest BCUT2D eigenvalue weighted by Crippen LogP contribution is 2.06. The van der Waals surface area contributed by atoms with Gasteiger partial charge in [-0.1, -0.05) is 20.8 Å². The molecular weight excluding hydrogens is 252 g/mol. The first-order chi connectivity index (χ1) is 9.43. The number of hydrogen-bond donors (Lipinski definition) is 2. The molecule has 0 radical (unpaired) electrons. The lowest BCUT2D eigenvalue weighted by Gasteiger charge is -2.37. The minimum absolute atomic E-state index is 0.0160. The van der Waals surface area contributed by atoms with Gasteiger partial charge in [0.1, 0.15) is 0 Å². The van der Waals surface area contributed by atoms with Crippen molar-refractivity contribution in [3.63, 3.8) is 0 Å². The molecule has 1 rings (SSSR count). The van der Waals surface area contributed by atoms with Crippen LogP contribution in [0.2, 0.25) is 0 Å². The van der Waals surface area contributed by atoms with Gasteiger partial charge in [0.05, 0.1) is 6.04 Å². The van der Waals surface area contributed by atoms with Gasteiger partial charge in [0, 0.05) is 38.8 Å². The van der Waals surface area contributed by atoms with E-state index in [1.54, 1.807) is 0 Å². The highest BCUT2D eigenvalue weighted by molar-refractivity contribution is 5.81. The fourth-order valence-electron chi connectivity index (χ4n) is 2.64. The summed E-state index contributed by atoms with van der Waals surface area (Å²) in [5.41, 5.74) is 5.89. The molecule has 1 unspecified atom stereocenters. The molecular formula is C15H32N4O. The van der Waals surface area contributed by atoms with Crippen molar-refractivity contribution in [3.05, 3.63) is 0 Å². The molecule has 1 fully saturated rings. The number of carbonyl (C=O) groups excluding carboxylic acids is 1. The molecule has 1 aliphatic heterocycles. The molecule has 0 aromatic heterocycles. The predicted molar refractivity (Wildman–Crippen MR) is 83.6 cm³/mol. The summed E-state index contributed by atoms with van der Waals surface area (Å²) < 4.78 is 0. The molecule has 1 heterocycles. The molecule has 0 bridgehead atoms. The van der Waals surface area contributed by atoms with Crippen molar-refractivity contribution >= 4 is 5.91 Å². The van der Waals surface area contributed by atoms with Crippen LogP contribution in [0.5, 0.6) is 0 Å². The van der Waals surface area contributed by atoms with Crippen molar-refractivity contribution in [2.24, 2.45) is 11.7 Å². The normalized spacial score (nSPS) is 20.9. The summed E-state index contributed by atoms with van der Waals surface area (Å²) in [5, 5.41) is 2.99. The summed E-state index contributed by atoms with van der Waals surface area (Å²) in [5.74, 6) is 0.438. The van der Waals surface area contributed by atoms with Crippen molar-refractivity contribution < 1.29 is 4.79 Å². The highest BCUT2D eigenvalue weighted by Gasteiger charge is 2.21. The standard InChI is InChI=1S/C15H32N4O/c1-5-18-6-8-19(9-7-18)13(4)11-17-15(20)14(16)10-12(2)3/h12-14H,5-11,16H2,1-4H3,(H,17,20)/t13?,14-/m0/s1. The average molecular weight is 284 g/mol. The van der Waals surface area contributed by atoms with Crippen LogP contribution in [0.4, 0.5) is 0 Å². The Kier molecular flexibility index (Phi) is 7.48. The molecule has 0 aromatic carbocycles. The van der Waals surface area contributed by atoms with Gasteiger partial charge in [-0.15, -0.1) is 0 Å². The van der Waals surface area contributed by atoms with E-state index < -0.39 is 0 Å². The number of amides is 1. The Labute approximate surface area is 123 Å². The van der Waals surface area contributed by atoms with Crippen molar-refractivity contribution in [1.29, 1.82) is 0 Å². The van der Waals surface area contributed by atoms with E-state index >= 15 is 0 Å². The fourth-order valence-corrected chi connectivity index (χ4v) is 2.64. The summed E-state index contributed by atoms with van der Waals surface area (Å²) in [6, 6.07) is 0.00310. The maximum atomic E-state index is 11.9. The summed E-state index contributed by atoms with van der Waals surface area (Å²) >= 11 is 0. The summed E-state index contributed by atoms with van der Waals surface area (Å²) in [6.07, 6.45) is 0.745. The van der Waals surface area contributed by atoms with Crippen LogP contribution in [0.1, 0.15) is 34.1 Å². The summed E-state index contributed by atoms with van der Waals surface area (Å²) in [7, 11) is 0. The summed E-state index contributed by atoms with van der Waals surface area (Å²) in [4.78, 5) is 16.8. The van der Waals surface area contributed by atoms with Crippen molar-refractivity contribution in [2.75, 3.05) is 39.3 Å². The second-order valence-electron chi connectivity index (χ2n) is 6.30. The first-order valence-corrected chi connectivity index (χ1v) is 7.93. The minimum atomic E-state index is -0.376. The average Bonchev–Trinajstić information content (AvgIpc) is 2.43. The molecule has 20 heavy (non-hydrogen) atoms. The Morgan fingerprint density at radius 2 is 1.80 bits per heavy atom. The molecule has 0 spiro atoms. The zero-order valence-electron chi connectivity index (χ0n) is 13.6. The highest BCUT2D eigenvalue weighted by atomic mass is 16.2. The maximum Gasteiger partial charge on any atom is 0.236 e. The molecule has 0 aromatic rings. The van der Waals surface area contributed by atoms with Crippen molar-refractivity contribution in [3.8, 4) is 0 Å². The number of piperazine rings is 1. The van der Waals surface area contributed by atoms with Gasteiger partial charge in [0.25, 0.3) is 0 Å². The summed E-state index contributed by atoms with van der Waals surface area (Å²) in [6.45, 7) is 14.8. The number of hydrogen-bond acceptors (Lipinski definition) is 4. The van der Waals surface area contributed by atoms with E-state index in [4.69, 9.17) is 5.73 Å². The van der Waals surface area contributed by atoms with Crippen LogP contribution < -0.4 is 11.1 Å². The van der Waals surface area contributed by atoms with Gasteiger partial charge in [0.2, 0.25) is 5.91 Å². The monoisotopic (exact) mass is 284 g/mol. The van der Waals surface area contributed by atoms with Crippen LogP contribution in [0, 0.1) is 5.92 Å². The second kappa shape index (κ2) is 8.60. The number of nitrogens with two attached hydrogens (primary N) is 1. The Hall–Kier alpha value is -0.650. The van der Waals surface area contributed by atoms with E-state index in [1.165, 1.54) is 0 Å². The van der Waals surface area contributed by atoms with Crippen LogP contribution >= 0.6 is 0 Å². The van der Waals surface area contributed by atoms with Crippen LogP contribution in [0.3, 0.4) is 0 Å². The smallest absolute Gasteiger partial charge is 0.236 e. The first kappa shape index (κ1) is 17.4. The molecule has 1 amide bonds. The quantitative estimate of drug-likeness (QED) is 0.715. The lowest BCUT2D eigenvalue weighted by Crippen LogP contribution is -2.53. The topological polar surface area (TPSA) is 61.6 Å². The molecule has 0 saturated carbocycles. The number of rotatable bonds is 7. The molecule has 1 aliphatic rings. The van der Waals surface area contributed by atoms with E-state index in [2.05, 4.69) is 42.8 Å². The van der Waals surface area contributed by atoms with Gasteiger partial charge in [-0.25, -0.2) is 0 Å². The number of nitrogens with zero attached hydrogens (tertiary/aromatic N) is 2. The molecule has 3 N–H and O–H groups in total. The van der Waals surface area contributed by atoms with Crippen LogP contribution in [-0.4, -0.2) is 67.1 Å². The molecule has 118 valence electrons. The Bertz CT molecular complexity index is 288. The van der Waals surface area contributed by atoms with E-state index in [9.17, 15) is 4.79 Å². The number of carbonyl (C=O) groups is 1. The van der Waals surface area contributed by atoms with Gasteiger partial charge < -0.3 is 16.0 Å². The zero-order chi connectivity index (χ0) is 15.1. The third kappa shape index (κ3) is 5.77. The Balaban J connectivity index is 2.26. The van der Waals surface area contributed by atoms with Crippen LogP contribution in [-0.2, 0) is 4.79 Å². The van der Waals surface area contributed by atoms with Gasteiger partial charge in [-0.2, -0.15) is 0 Å². The van der Waals surface area contributed by atoms with Crippen molar-refractivity contribution in [2.45, 2.75) is 46.2 Å². The Morgan fingerprint density at radius 3 is 2.30 bits per heavy atom. The SMILES string of the molecule is CCN1CCN(C(C)CNC(=O)[C@@H](N)CC(C)C)CC1. The molecule has 0 aliphatic carbocycles. The van der Waals surface area contributed by atoms with E-state index in [0.29, 0.717) is 18.5 Å². The van der Waals surface area contributed by atoms with Gasteiger partial charge in [-0.3, -0.25) is 9.69 Å². The van der Waals surface area contributed by atoms with Gasteiger partial charge in [-0.05, 0) is 25.8 Å². The molecule has 2 atom stereocenters. The van der Waals surface area contributed by atoms with Gasteiger partial charge in [0.15, 0.2) is 0 Å². The lowest BCUT2D eigenvalue weighted by atomic mass is 10.0. The third-order valence-corrected chi connectivity index (χ3v) is 4.11. The largest absolute Gasteiger partial charge is 0.353 e. The molecule has 5 heteroatoms. The first-order valence-electron chi connectivity index (χ1n) is 7.93. The molecule has 5 nitrogen and oxygen atoms in total. The minimum Gasteiger partial charge on any atom is -0.353 e. The fraction of sp³-hybridized carbons (Fsp3) is 0.933. The van der Waals surface area contributed by atoms with E-state index in [0.717, 1.165) is 39.1 Å². The van der Waals surface area contributed by atoms with Crippen LogP contribution in [0.15, 0.2) is 0 Å². The zero-order valence-corrected chi connectivity index (χ0v) is 13.6. The predicted octanol–water partition coefficient (Wildman–Crippen LogP) is 0.502. The maximum absolute atomic E-state index is 11.9. The van der Waals surface area contributed by atoms with E-state index in [-0.39, 0.29) is 11.9 Å². The van der Waals surface area contributed by atoms with Crippen molar-refractivity contribution in [1.82, 2.24) is 15.1 Å². The number of nitrogens with one attached hydrogen (secondary N) is 1. The molecule has 1 saturated heterocycles. The number of likely N-dealkylation sites (N-methyl/N-ethyl adjacent to an activating group) is 1. The second-order valence-corrected chi connectivity index (χ2v) is 6.30.